The van der Waals surface area contributed by atoms with E-state index in [0.717, 1.165) is 0 Å². The predicted octanol–water partition coefficient (Wildman–Crippen LogP) is 2.75. The van der Waals surface area contributed by atoms with Crippen molar-refractivity contribution in [1.82, 2.24) is 9.97 Å². The van der Waals surface area contributed by atoms with Gasteiger partial charge < -0.3 is 5.32 Å². The van der Waals surface area contributed by atoms with Crippen LogP contribution in [0, 0.1) is 17.0 Å². The Kier molecular flexibility index (Phi) is 5.50. The van der Waals surface area contributed by atoms with E-state index in [4.69, 9.17) is 0 Å². The van der Waals surface area contributed by atoms with Crippen molar-refractivity contribution in [3.8, 4) is 0 Å². The van der Waals surface area contributed by atoms with Crippen LogP contribution in [0.2, 0.25) is 0 Å². The number of aromatic nitrogens is 2. The molecule has 0 saturated carbocycles. The number of nitro benzene ring substituents is 1. The van der Waals surface area contributed by atoms with Crippen LogP contribution in [0.5, 0.6) is 0 Å². The number of rotatable bonds is 6. The van der Waals surface area contributed by atoms with Crippen LogP contribution in [0.1, 0.15) is 16.1 Å². The number of nitrogens with zero attached hydrogens (tertiary/aromatic N) is 3. The van der Waals surface area contributed by atoms with Gasteiger partial charge in [-0.25, -0.2) is 23.1 Å². The minimum Gasteiger partial charge on any atom is -0.322 e. The van der Waals surface area contributed by atoms with E-state index in [1.807, 2.05) is 0 Å². The molecular formula is C18H15N5O5S. The topological polar surface area (TPSA) is 144 Å². The van der Waals surface area contributed by atoms with E-state index < -0.39 is 20.9 Å². The first-order valence-corrected chi connectivity index (χ1v) is 9.71. The molecule has 0 atom stereocenters. The second-order valence-electron chi connectivity index (χ2n) is 5.91. The van der Waals surface area contributed by atoms with Crippen LogP contribution in [0.25, 0.3) is 0 Å². The van der Waals surface area contributed by atoms with E-state index >= 15 is 0 Å². The molecule has 11 heteroatoms. The zero-order valence-electron chi connectivity index (χ0n) is 15.1. The maximum Gasteiger partial charge on any atom is 0.269 e. The van der Waals surface area contributed by atoms with Gasteiger partial charge >= 0.3 is 0 Å². The van der Waals surface area contributed by atoms with Gasteiger partial charge in [-0.2, -0.15) is 0 Å². The normalized spacial score (nSPS) is 10.9. The van der Waals surface area contributed by atoms with Gasteiger partial charge in [-0.05, 0) is 49.4 Å². The lowest BCUT2D eigenvalue weighted by molar-refractivity contribution is -0.384. The van der Waals surface area contributed by atoms with Gasteiger partial charge in [0, 0.05) is 35.3 Å². The summed E-state index contributed by atoms with van der Waals surface area (Å²) in [6.45, 7) is 1.71. The van der Waals surface area contributed by atoms with Crippen molar-refractivity contribution < 1.29 is 18.1 Å². The maximum atomic E-state index is 12.4. The first-order valence-electron chi connectivity index (χ1n) is 8.23. The average Bonchev–Trinajstić information content (AvgIpc) is 2.68. The van der Waals surface area contributed by atoms with Gasteiger partial charge in [0.15, 0.2) is 0 Å². The Morgan fingerprint density at radius 3 is 2.28 bits per heavy atom. The smallest absolute Gasteiger partial charge is 0.269 e. The molecule has 29 heavy (non-hydrogen) atoms. The van der Waals surface area contributed by atoms with E-state index in [1.54, 1.807) is 13.0 Å². The lowest BCUT2D eigenvalue weighted by atomic mass is 10.2. The summed E-state index contributed by atoms with van der Waals surface area (Å²) in [5.74, 6) is -0.526. The Morgan fingerprint density at radius 2 is 1.69 bits per heavy atom. The van der Waals surface area contributed by atoms with E-state index in [-0.39, 0.29) is 22.1 Å². The Balaban J connectivity index is 1.70. The number of carbonyl (C=O) groups is 1. The third-order valence-electron chi connectivity index (χ3n) is 3.78. The number of amides is 1. The van der Waals surface area contributed by atoms with Gasteiger partial charge in [-0.3, -0.25) is 14.9 Å². The molecule has 0 fully saturated rings. The second-order valence-corrected chi connectivity index (χ2v) is 7.59. The van der Waals surface area contributed by atoms with Gasteiger partial charge in [0.05, 0.1) is 9.82 Å². The Labute approximate surface area is 165 Å². The Bertz CT molecular complexity index is 1160. The fourth-order valence-corrected chi connectivity index (χ4v) is 3.28. The quantitative estimate of drug-likeness (QED) is 0.467. The van der Waals surface area contributed by atoms with Crippen molar-refractivity contribution in [3.63, 3.8) is 0 Å². The van der Waals surface area contributed by atoms with Crippen LogP contribution in [0.3, 0.4) is 0 Å². The standard InChI is InChI=1S/C18H15N5O5S/c1-12-10-11-19-18(20-12)22-29(27,28)16-8-4-14(5-9-16)21-17(24)13-2-6-15(7-3-13)23(25)26/h2-11H,1H3,(H,21,24)(H,19,20,22). The van der Waals surface area contributed by atoms with Crippen molar-refractivity contribution in [1.29, 1.82) is 0 Å². The first-order chi connectivity index (χ1) is 13.7. The highest BCUT2D eigenvalue weighted by atomic mass is 32.2. The van der Waals surface area contributed by atoms with Crippen molar-refractivity contribution >= 4 is 33.3 Å². The largest absolute Gasteiger partial charge is 0.322 e. The number of hydrogen-bond donors (Lipinski definition) is 2. The summed E-state index contributed by atoms with van der Waals surface area (Å²) in [5.41, 5.74) is 1.08. The van der Waals surface area contributed by atoms with Gasteiger partial charge in [-0.1, -0.05) is 0 Å². The molecule has 0 saturated heterocycles. The summed E-state index contributed by atoms with van der Waals surface area (Å²) in [6.07, 6.45) is 1.44. The molecule has 1 aromatic heterocycles. The zero-order valence-corrected chi connectivity index (χ0v) is 15.9. The molecular weight excluding hydrogens is 398 g/mol. The van der Waals surface area contributed by atoms with E-state index in [2.05, 4.69) is 20.0 Å². The van der Waals surface area contributed by atoms with Gasteiger partial charge in [0.25, 0.3) is 21.6 Å². The fourth-order valence-electron chi connectivity index (χ4n) is 2.33. The lowest BCUT2D eigenvalue weighted by Gasteiger charge is -2.09. The molecule has 1 heterocycles. The highest BCUT2D eigenvalue weighted by Crippen LogP contribution is 2.18. The summed E-state index contributed by atoms with van der Waals surface area (Å²) in [7, 11) is -3.89. The highest BCUT2D eigenvalue weighted by Gasteiger charge is 2.16. The molecule has 2 N–H and O–H groups in total. The van der Waals surface area contributed by atoms with Crippen molar-refractivity contribution in [2.24, 2.45) is 0 Å². The van der Waals surface area contributed by atoms with Gasteiger partial charge in [0.1, 0.15) is 0 Å². The predicted molar refractivity (Wildman–Crippen MR) is 105 cm³/mol. The minimum absolute atomic E-state index is 0.0315. The summed E-state index contributed by atoms with van der Waals surface area (Å²) < 4.78 is 27.1. The third-order valence-corrected chi connectivity index (χ3v) is 5.13. The van der Waals surface area contributed by atoms with Crippen LogP contribution in [-0.2, 0) is 10.0 Å². The van der Waals surface area contributed by atoms with Crippen LogP contribution in [0.15, 0.2) is 65.7 Å². The molecule has 0 aliphatic carbocycles. The summed E-state index contributed by atoms with van der Waals surface area (Å²) >= 11 is 0. The summed E-state index contributed by atoms with van der Waals surface area (Å²) in [6, 6.07) is 12.3. The molecule has 3 rings (SSSR count). The Morgan fingerprint density at radius 1 is 1.03 bits per heavy atom. The lowest BCUT2D eigenvalue weighted by Crippen LogP contribution is -2.16. The average molecular weight is 413 g/mol. The highest BCUT2D eigenvalue weighted by molar-refractivity contribution is 7.92. The molecule has 2 aromatic carbocycles. The fraction of sp³-hybridized carbons (Fsp3) is 0.0556. The number of hydrogen-bond acceptors (Lipinski definition) is 7. The summed E-state index contributed by atoms with van der Waals surface area (Å²) in [5, 5.41) is 13.3. The van der Waals surface area contributed by atoms with Crippen LogP contribution >= 0.6 is 0 Å². The number of nitro groups is 1. The number of nitrogens with one attached hydrogen (secondary N) is 2. The molecule has 0 unspecified atom stereocenters. The number of benzene rings is 2. The number of anilines is 2. The molecule has 10 nitrogen and oxygen atoms in total. The maximum absolute atomic E-state index is 12.4. The third kappa shape index (κ3) is 4.90. The van der Waals surface area contributed by atoms with E-state index in [9.17, 15) is 23.3 Å². The van der Waals surface area contributed by atoms with Crippen molar-refractivity contribution in [3.05, 3.63) is 82.2 Å². The van der Waals surface area contributed by atoms with Crippen LogP contribution in [0.4, 0.5) is 17.3 Å². The number of carbonyl (C=O) groups excluding carboxylic acids is 1. The first kappa shape index (κ1) is 19.9. The second kappa shape index (κ2) is 8.02. The van der Waals surface area contributed by atoms with Gasteiger partial charge in [0.2, 0.25) is 5.95 Å². The SMILES string of the molecule is Cc1ccnc(NS(=O)(=O)c2ccc(NC(=O)c3ccc([N+](=O)[O-])cc3)cc2)n1. The molecule has 0 spiro atoms. The van der Waals surface area contributed by atoms with Crippen molar-refractivity contribution in [2.45, 2.75) is 11.8 Å². The molecule has 0 aliphatic heterocycles. The number of aryl methyl sites for hydroxylation is 1. The number of sulfonamides is 1. The molecule has 1 amide bonds. The monoisotopic (exact) mass is 413 g/mol. The minimum atomic E-state index is -3.89. The van der Waals surface area contributed by atoms with Crippen LogP contribution < -0.4 is 10.0 Å². The Hall–Kier alpha value is -3.86. The van der Waals surface area contributed by atoms with Crippen LogP contribution in [-0.4, -0.2) is 29.2 Å². The number of non-ortho nitro benzene ring substituents is 1. The van der Waals surface area contributed by atoms with E-state index in [0.29, 0.717) is 11.4 Å². The molecule has 0 aliphatic rings. The zero-order chi connectivity index (χ0) is 21.0. The molecule has 3 aromatic rings. The molecule has 148 valence electrons. The summed E-state index contributed by atoms with van der Waals surface area (Å²) in [4.78, 5) is 30.1. The molecule has 0 bridgehead atoms. The van der Waals surface area contributed by atoms with Crippen molar-refractivity contribution in [2.75, 3.05) is 10.0 Å². The van der Waals surface area contributed by atoms with E-state index in [1.165, 1.54) is 54.7 Å². The van der Waals surface area contributed by atoms with Gasteiger partial charge in [-0.15, -0.1) is 0 Å². The molecule has 0 radical (unpaired) electrons.